The molecule has 0 saturated carbocycles. The molecule has 0 spiro atoms. The first-order valence-corrected chi connectivity index (χ1v) is 10.6. The molecule has 0 saturated heterocycles. The van der Waals surface area contributed by atoms with E-state index in [2.05, 4.69) is 22.7 Å². The summed E-state index contributed by atoms with van der Waals surface area (Å²) in [7, 11) is 1.62. The van der Waals surface area contributed by atoms with E-state index in [1.807, 2.05) is 78.9 Å². The third-order valence-corrected chi connectivity index (χ3v) is 5.08. The molecule has 0 radical (unpaired) electrons. The summed E-state index contributed by atoms with van der Waals surface area (Å²) in [6.07, 6.45) is 1.59. The number of rotatable bonds is 8. The van der Waals surface area contributed by atoms with Gasteiger partial charge in [-0.05, 0) is 59.2 Å². The topological polar surface area (TPSA) is 59.9 Å². The molecule has 1 amide bonds. The number of amides is 1. The van der Waals surface area contributed by atoms with Crippen molar-refractivity contribution in [3.63, 3.8) is 0 Å². The largest absolute Gasteiger partial charge is 0.497 e. The Labute approximate surface area is 193 Å². The summed E-state index contributed by atoms with van der Waals surface area (Å²) in [6, 6.07) is 32.8. The monoisotopic (exact) mass is 436 g/mol. The Hall–Kier alpha value is -4.38. The predicted octanol–water partition coefficient (Wildman–Crippen LogP) is 5.71. The van der Waals surface area contributed by atoms with E-state index >= 15 is 0 Å². The van der Waals surface area contributed by atoms with Crippen LogP contribution in [0.5, 0.6) is 11.5 Å². The number of carbonyl (C=O) groups excluding carboxylic acids is 1. The Morgan fingerprint density at radius 1 is 0.848 bits per heavy atom. The normalized spacial score (nSPS) is 10.7. The van der Waals surface area contributed by atoms with Crippen molar-refractivity contribution in [1.82, 2.24) is 5.43 Å². The van der Waals surface area contributed by atoms with Crippen LogP contribution in [0, 0.1) is 0 Å². The fourth-order valence-corrected chi connectivity index (χ4v) is 3.28. The average molecular weight is 437 g/mol. The Balaban J connectivity index is 1.34. The van der Waals surface area contributed by atoms with Gasteiger partial charge in [-0.3, -0.25) is 4.79 Å². The molecule has 0 atom stereocenters. The van der Waals surface area contributed by atoms with Crippen molar-refractivity contribution in [3.8, 4) is 22.6 Å². The van der Waals surface area contributed by atoms with E-state index in [9.17, 15) is 4.79 Å². The smallest absolute Gasteiger partial charge is 0.271 e. The van der Waals surface area contributed by atoms with Crippen LogP contribution >= 0.6 is 0 Å². The van der Waals surface area contributed by atoms with Crippen LogP contribution in [-0.2, 0) is 6.61 Å². The first-order valence-electron chi connectivity index (χ1n) is 10.6. The lowest BCUT2D eigenvalue weighted by atomic mass is 10.0. The Morgan fingerprint density at radius 3 is 2.27 bits per heavy atom. The van der Waals surface area contributed by atoms with Crippen LogP contribution in [0.15, 0.2) is 108 Å². The van der Waals surface area contributed by atoms with E-state index in [0.717, 1.165) is 33.8 Å². The number of carbonyl (C=O) groups is 1. The van der Waals surface area contributed by atoms with Gasteiger partial charge in [0.05, 0.1) is 13.3 Å². The van der Waals surface area contributed by atoms with Gasteiger partial charge in [-0.25, -0.2) is 5.43 Å². The van der Waals surface area contributed by atoms with Crippen LogP contribution in [0.2, 0.25) is 0 Å². The van der Waals surface area contributed by atoms with E-state index in [1.165, 1.54) is 0 Å². The number of methoxy groups -OCH3 is 1. The molecule has 4 aromatic rings. The van der Waals surface area contributed by atoms with E-state index in [1.54, 1.807) is 25.5 Å². The van der Waals surface area contributed by atoms with E-state index in [-0.39, 0.29) is 5.91 Å². The quantitative estimate of drug-likeness (QED) is 0.284. The molecule has 0 aliphatic heterocycles. The molecular formula is C28H24N2O3. The van der Waals surface area contributed by atoms with Crippen molar-refractivity contribution >= 4 is 12.1 Å². The summed E-state index contributed by atoms with van der Waals surface area (Å²) in [5.41, 5.74) is 7.05. The number of benzene rings is 4. The highest BCUT2D eigenvalue weighted by molar-refractivity contribution is 5.94. The van der Waals surface area contributed by atoms with Gasteiger partial charge in [-0.2, -0.15) is 5.10 Å². The highest BCUT2D eigenvalue weighted by atomic mass is 16.5. The third kappa shape index (κ3) is 5.86. The first kappa shape index (κ1) is 21.8. The number of hydrazone groups is 1. The summed E-state index contributed by atoms with van der Waals surface area (Å²) in [6.45, 7) is 0.404. The number of para-hydroxylation sites is 1. The summed E-state index contributed by atoms with van der Waals surface area (Å²) < 4.78 is 11.2. The van der Waals surface area contributed by atoms with Crippen LogP contribution in [0.25, 0.3) is 11.1 Å². The molecule has 0 fully saturated rings. The van der Waals surface area contributed by atoms with Crippen LogP contribution in [0.3, 0.4) is 0 Å². The van der Waals surface area contributed by atoms with Gasteiger partial charge < -0.3 is 9.47 Å². The number of hydrogen-bond acceptors (Lipinski definition) is 4. The average Bonchev–Trinajstić information content (AvgIpc) is 2.89. The maximum atomic E-state index is 12.4. The van der Waals surface area contributed by atoms with Crippen molar-refractivity contribution in [2.24, 2.45) is 5.10 Å². The fraction of sp³-hybridized carbons (Fsp3) is 0.0714. The molecular weight excluding hydrogens is 412 g/mol. The molecule has 1 N–H and O–H groups in total. The van der Waals surface area contributed by atoms with Gasteiger partial charge in [-0.1, -0.05) is 60.7 Å². The highest BCUT2D eigenvalue weighted by Gasteiger charge is 2.07. The Bertz CT molecular complexity index is 1220. The first-order chi connectivity index (χ1) is 16.2. The highest BCUT2D eigenvalue weighted by Crippen LogP contribution is 2.30. The molecule has 5 heteroatoms. The fourth-order valence-electron chi connectivity index (χ4n) is 3.28. The molecule has 5 nitrogen and oxygen atoms in total. The van der Waals surface area contributed by atoms with Crippen LogP contribution in [0.1, 0.15) is 21.5 Å². The number of hydrogen-bond donors (Lipinski definition) is 1. The molecule has 4 aromatic carbocycles. The molecule has 0 aromatic heterocycles. The minimum atomic E-state index is -0.276. The second kappa shape index (κ2) is 10.8. The van der Waals surface area contributed by atoms with Gasteiger partial charge in [0.15, 0.2) is 0 Å². The molecule has 0 bridgehead atoms. The van der Waals surface area contributed by atoms with Crippen LogP contribution in [0.4, 0.5) is 0 Å². The SMILES string of the molecule is COc1ccc(/C=N\NC(=O)c2ccc(COc3ccccc3-c3ccccc3)cc2)cc1. The molecule has 0 heterocycles. The van der Waals surface area contributed by atoms with Crippen LogP contribution < -0.4 is 14.9 Å². The second-order valence-electron chi connectivity index (χ2n) is 7.32. The minimum Gasteiger partial charge on any atom is -0.497 e. The Kier molecular flexibility index (Phi) is 7.13. The molecule has 0 unspecified atom stereocenters. The van der Waals surface area contributed by atoms with Crippen molar-refractivity contribution in [1.29, 1.82) is 0 Å². The maximum absolute atomic E-state index is 12.4. The molecule has 33 heavy (non-hydrogen) atoms. The van der Waals surface area contributed by atoms with Crippen LogP contribution in [-0.4, -0.2) is 19.2 Å². The number of nitrogens with one attached hydrogen (secondary N) is 1. The zero-order valence-corrected chi connectivity index (χ0v) is 18.3. The lowest BCUT2D eigenvalue weighted by Crippen LogP contribution is -2.17. The summed E-state index contributed by atoms with van der Waals surface area (Å²) in [4.78, 5) is 12.4. The van der Waals surface area contributed by atoms with E-state index in [0.29, 0.717) is 12.2 Å². The van der Waals surface area contributed by atoms with Crippen molar-refractivity contribution < 1.29 is 14.3 Å². The Morgan fingerprint density at radius 2 is 1.55 bits per heavy atom. The van der Waals surface area contributed by atoms with Gasteiger partial charge in [0.1, 0.15) is 18.1 Å². The summed E-state index contributed by atoms with van der Waals surface area (Å²) >= 11 is 0. The maximum Gasteiger partial charge on any atom is 0.271 e. The predicted molar refractivity (Wildman–Crippen MR) is 131 cm³/mol. The molecule has 164 valence electrons. The lowest BCUT2D eigenvalue weighted by Gasteiger charge is -2.12. The van der Waals surface area contributed by atoms with E-state index < -0.39 is 0 Å². The van der Waals surface area contributed by atoms with Crippen molar-refractivity contribution in [2.75, 3.05) is 7.11 Å². The van der Waals surface area contributed by atoms with Gasteiger partial charge in [0.25, 0.3) is 5.91 Å². The number of ether oxygens (including phenoxy) is 2. The minimum absolute atomic E-state index is 0.276. The van der Waals surface area contributed by atoms with Gasteiger partial charge in [0.2, 0.25) is 0 Å². The van der Waals surface area contributed by atoms with Gasteiger partial charge in [0, 0.05) is 11.1 Å². The molecule has 0 aliphatic carbocycles. The lowest BCUT2D eigenvalue weighted by molar-refractivity contribution is 0.0955. The second-order valence-corrected chi connectivity index (χ2v) is 7.32. The number of nitrogens with zero attached hydrogens (tertiary/aromatic N) is 1. The summed E-state index contributed by atoms with van der Waals surface area (Å²) in [5.74, 6) is 1.31. The molecule has 4 rings (SSSR count). The van der Waals surface area contributed by atoms with Gasteiger partial charge >= 0.3 is 0 Å². The summed E-state index contributed by atoms with van der Waals surface area (Å²) in [5, 5.41) is 4.02. The standard InChI is InChI=1S/C28H24N2O3/c1-32-25-17-13-21(14-18-25)19-29-30-28(31)24-15-11-22(12-16-24)20-33-27-10-6-5-9-26(27)23-7-3-2-4-8-23/h2-19H,20H2,1H3,(H,30,31)/b29-19-. The third-order valence-electron chi connectivity index (χ3n) is 5.08. The van der Waals surface area contributed by atoms with E-state index in [4.69, 9.17) is 9.47 Å². The van der Waals surface area contributed by atoms with Crippen molar-refractivity contribution in [3.05, 3.63) is 120 Å². The van der Waals surface area contributed by atoms with Crippen molar-refractivity contribution in [2.45, 2.75) is 6.61 Å². The molecule has 0 aliphatic rings. The van der Waals surface area contributed by atoms with Gasteiger partial charge in [-0.15, -0.1) is 0 Å². The zero-order valence-electron chi connectivity index (χ0n) is 18.3. The zero-order chi connectivity index (χ0) is 22.9.